The van der Waals surface area contributed by atoms with E-state index in [2.05, 4.69) is 22.9 Å². The van der Waals surface area contributed by atoms with Gasteiger partial charge in [0.05, 0.1) is 5.69 Å². The van der Waals surface area contributed by atoms with Gasteiger partial charge < -0.3 is 5.11 Å². The summed E-state index contributed by atoms with van der Waals surface area (Å²) in [5.74, 6) is -0.161. The van der Waals surface area contributed by atoms with Gasteiger partial charge in [0.15, 0.2) is 0 Å². The minimum atomic E-state index is -0.683. The molecule has 0 spiro atoms. The summed E-state index contributed by atoms with van der Waals surface area (Å²) < 4.78 is 0. The number of aromatic nitrogens is 1. The highest BCUT2D eigenvalue weighted by Crippen LogP contribution is 2.22. The normalized spacial score (nSPS) is 20.4. The second-order valence-electron chi connectivity index (χ2n) is 5.44. The maximum atomic E-state index is 10.6. The van der Waals surface area contributed by atoms with Crippen molar-refractivity contribution in [1.29, 1.82) is 0 Å². The number of nitrogens with zero attached hydrogens (tertiary/aromatic N) is 2. The minimum Gasteiger partial charge on any atom is -0.481 e. The van der Waals surface area contributed by atoms with E-state index in [0.29, 0.717) is 12.3 Å². The average molecular weight is 262 g/mol. The Bertz CT molecular complexity index is 434. The number of carbonyl (C=O) groups is 1. The van der Waals surface area contributed by atoms with E-state index in [0.717, 1.165) is 44.6 Å². The van der Waals surface area contributed by atoms with Crippen molar-refractivity contribution >= 4 is 5.97 Å². The highest BCUT2D eigenvalue weighted by atomic mass is 16.4. The summed E-state index contributed by atoms with van der Waals surface area (Å²) >= 11 is 0. The van der Waals surface area contributed by atoms with Gasteiger partial charge in [-0.25, -0.2) is 0 Å². The summed E-state index contributed by atoms with van der Waals surface area (Å²) in [6, 6.07) is 4.05. The predicted octanol–water partition coefficient (Wildman–Crippen LogP) is 2.47. The van der Waals surface area contributed by atoms with Crippen LogP contribution in [-0.2, 0) is 11.3 Å². The number of carboxylic acid groups (broad SMARTS) is 1. The molecule has 1 N–H and O–H groups in total. The van der Waals surface area contributed by atoms with Crippen LogP contribution in [0.5, 0.6) is 0 Å². The maximum Gasteiger partial charge on any atom is 0.303 e. The smallest absolute Gasteiger partial charge is 0.303 e. The molecule has 1 unspecified atom stereocenters. The molecule has 1 fully saturated rings. The van der Waals surface area contributed by atoms with Crippen molar-refractivity contribution in [2.45, 2.75) is 39.2 Å². The number of likely N-dealkylation sites (tertiary alicyclic amines) is 1. The summed E-state index contributed by atoms with van der Waals surface area (Å²) in [6.45, 7) is 5.08. The molecule has 4 nitrogen and oxygen atoms in total. The highest BCUT2D eigenvalue weighted by Gasteiger charge is 2.21. The number of hydrogen-bond acceptors (Lipinski definition) is 3. The Hall–Kier alpha value is -1.42. The lowest BCUT2D eigenvalue weighted by molar-refractivity contribution is -0.137. The second-order valence-corrected chi connectivity index (χ2v) is 5.44. The molecule has 0 aromatic carbocycles. The lowest BCUT2D eigenvalue weighted by Gasteiger charge is -2.32. The number of carboxylic acids is 1. The Balaban J connectivity index is 1.87. The summed E-state index contributed by atoms with van der Waals surface area (Å²) in [7, 11) is 0. The molecule has 1 atom stereocenters. The quantitative estimate of drug-likeness (QED) is 0.885. The predicted molar refractivity (Wildman–Crippen MR) is 73.8 cm³/mol. The molecule has 1 aliphatic rings. The molecular weight excluding hydrogens is 240 g/mol. The van der Waals surface area contributed by atoms with E-state index >= 15 is 0 Å². The number of pyridine rings is 1. The van der Waals surface area contributed by atoms with Gasteiger partial charge in [0.2, 0.25) is 0 Å². The van der Waals surface area contributed by atoms with Gasteiger partial charge >= 0.3 is 5.97 Å². The van der Waals surface area contributed by atoms with E-state index in [-0.39, 0.29) is 0 Å². The minimum absolute atomic E-state index is 0.293. The molecule has 4 heteroatoms. The fraction of sp³-hybridized carbons (Fsp3) is 0.600. The van der Waals surface area contributed by atoms with Crippen molar-refractivity contribution in [2.24, 2.45) is 5.92 Å². The fourth-order valence-corrected chi connectivity index (χ4v) is 2.75. The lowest BCUT2D eigenvalue weighted by Crippen LogP contribution is -2.35. The molecule has 0 amide bonds. The molecule has 2 rings (SSSR count). The van der Waals surface area contributed by atoms with E-state index in [1.165, 1.54) is 5.56 Å². The molecule has 0 radical (unpaired) electrons. The summed E-state index contributed by atoms with van der Waals surface area (Å²) in [4.78, 5) is 17.5. The number of hydrogen-bond donors (Lipinski definition) is 1. The van der Waals surface area contributed by atoms with Crippen LogP contribution in [0.3, 0.4) is 0 Å². The Kier molecular flexibility index (Phi) is 4.91. The molecule has 1 saturated heterocycles. The number of rotatable bonds is 5. The van der Waals surface area contributed by atoms with Crippen molar-refractivity contribution in [3.05, 3.63) is 29.6 Å². The van der Waals surface area contributed by atoms with Crippen LogP contribution in [-0.4, -0.2) is 34.0 Å². The SMILES string of the molecule is Cc1cccnc1CN1CCCC(CCC(=O)O)C1. The number of piperidine rings is 1. The summed E-state index contributed by atoms with van der Waals surface area (Å²) in [6.07, 6.45) is 5.25. The van der Waals surface area contributed by atoms with Crippen LogP contribution in [0.4, 0.5) is 0 Å². The highest BCUT2D eigenvalue weighted by molar-refractivity contribution is 5.66. The zero-order valence-corrected chi connectivity index (χ0v) is 11.5. The topological polar surface area (TPSA) is 53.4 Å². The molecule has 1 aromatic heterocycles. The molecule has 104 valence electrons. The van der Waals surface area contributed by atoms with E-state index in [4.69, 9.17) is 5.11 Å². The molecule has 2 heterocycles. The molecule has 0 aliphatic carbocycles. The largest absolute Gasteiger partial charge is 0.481 e. The Morgan fingerprint density at radius 2 is 2.42 bits per heavy atom. The van der Waals surface area contributed by atoms with Gasteiger partial charge in [-0.2, -0.15) is 0 Å². The van der Waals surface area contributed by atoms with Gasteiger partial charge in [-0.05, 0) is 50.3 Å². The van der Waals surface area contributed by atoms with Crippen LogP contribution < -0.4 is 0 Å². The number of aryl methyl sites for hydroxylation is 1. The Morgan fingerprint density at radius 1 is 1.58 bits per heavy atom. The molecule has 19 heavy (non-hydrogen) atoms. The van der Waals surface area contributed by atoms with Gasteiger partial charge in [0.25, 0.3) is 0 Å². The van der Waals surface area contributed by atoms with Crippen LogP contribution in [0, 0.1) is 12.8 Å². The van der Waals surface area contributed by atoms with E-state index in [9.17, 15) is 4.79 Å². The van der Waals surface area contributed by atoms with Gasteiger partial charge in [-0.15, -0.1) is 0 Å². The first-order chi connectivity index (χ1) is 9.15. The van der Waals surface area contributed by atoms with Crippen molar-refractivity contribution in [3.63, 3.8) is 0 Å². The van der Waals surface area contributed by atoms with Crippen molar-refractivity contribution < 1.29 is 9.90 Å². The third kappa shape index (κ3) is 4.31. The van der Waals surface area contributed by atoms with Crippen LogP contribution >= 0.6 is 0 Å². The van der Waals surface area contributed by atoms with Crippen LogP contribution in [0.1, 0.15) is 36.9 Å². The zero-order chi connectivity index (χ0) is 13.7. The molecule has 0 saturated carbocycles. The van der Waals surface area contributed by atoms with E-state index in [1.807, 2.05) is 12.3 Å². The first kappa shape index (κ1) is 14.0. The molecule has 0 bridgehead atoms. The monoisotopic (exact) mass is 262 g/mol. The zero-order valence-electron chi connectivity index (χ0n) is 11.5. The van der Waals surface area contributed by atoms with Crippen LogP contribution in [0.25, 0.3) is 0 Å². The van der Waals surface area contributed by atoms with Gasteiger partial charge in [0, 0.05) is 25.7 Å². The number of aliphatic carboxylic acids is 1. The maximum absolute atomic E-state index is 10.6. The molecule has 1 aromatic rings. The summed E-state index contributed by atoms with van der Waals surface area (Å²) in [5.41, 5.74) is 2.37. The third-order valence-electron chi connectivity index (χ3n) is 3.86. The fourth-order valence-electron chi connectivity index (χ4n) is 2.75. The van der Waals surface area contributed by atoms with Crippen molar-refractivity contribution in [1.82, 2.24) is 9.88 Å². The summed E-state index contributed by atoms with van der Waals surface area (Å²) in [5, 5.41) is 8.76. The first-order valence-electron chi connectivity index (χ1n) is 7.00. The Morgan fingerprint density at radius 3 is 3.16 bits per heavy atom. The van der Waals surface area contributed by atoms with Gasteiger partial charge in [0.1, 0.15) is 0 Å². The third-order valence-corrected chi connectivity index (χ3v) is 3.86. The van der Waals surface area contributed by atoms with Crippen molar-refractivity contribution in [3.8, 4) is 0 Å². The van der Waals surface area contributed by atoms with Gasteiger partial charge in [-0.1, -0.05) is 6.07 Å². The second kappa shape index (κ2) is 6.66. The molecular formula is C15H22N2O2. The van der Waals surface area contributed by atoms with Crippen LogP contribution in [0.15, 0.2) is 18.3 Å². The van der Waals surface area contributed by atoms with E-state index < -0.39 is 5.97 Å². The van der Waals surface area contributed by atoms with E-state index in [1.54, 1.807) is 0 Å². The average Bonchev–Trinajstić information content (AvgIpc) is 2.40. The molecule has 1 aliphatic heterocycles. The first-order valence-corrected chi connectivity index (χ1v) is 7.00. The van der Waals surface area contributed by atoms with Gasteiger partial charge in [-0.3, -0.25) is 14.7 Å². The Labute approximate surface area is 114 Å². The lowest BCUT2D eigenvalue weighted by atomic mass is 9.93. The standard InChI is InChI=1S/C15H22N2O2/c1-12-4-2-8-16-14(12)11-17-9-3-5-13(10-17)6-7-15(18)19/h2,4,8,13H,3,5-7,9-11H2,1H3,(H,18,19). The van der Waals surface area contributed by atoms with Crippen LogP contribution in [0.2, 0.25) is 0 Å². The van der Waals surface area contributed by atoms with Crippen molar-refractivity contribution in [2.75, 3.05) is 13.1 Å².